The van der Waals surface area contributed by atoms with Crippen molar-refractivity contribution in [2.75, 3.05) is 17.7 Å². The Hall–Kier alpha value is -1.55. The highest BCUT2D eigenvalue weighted by atomic mass is 16.5. The van der Waals surface area contributed by atoms with Crippen molar-refractivity contribution in [3.05, 3.63) is 23.8 Å². The van der Waals surface area contributed by atoms with E-state index in [1.807, 2.05) is 19.1 Å². The fraction of sp³-hybridized carbons (Fsp3) is 0.588. The molecule has 1 fully saturated rings. The Morgan fingerprint density at radius 2 is 2.14 bits per heavy atom. The number of nitrogen functional groups attached to an aromatic ring is 1. The second kappa shape index (κ2) is 7.46. The monoisotopic (exact) mass is 290 g/mol. The van der Waals surface area contributed by atoms with Gasteiger partial charge in [0.25, 0.3) is 0 Å². The first-order valence-corrected chi connectivity index (χ1v) is 7.87. The van der Waals surface area contributed by atoms with E-state index in [0.717, 1.165) is 24.1 Å². The zero-order chi connectivity index (χ0) is 15.2. The summed E-state index contributed by atoms with van der Waals surface area (Å²) in [7, 11) is 0. The van der Waals surface area contributed by atoms with Crippen LogP contribution in [0, 0.1) is 12.8 Å². The van der Waals surface area contributed by atoms with Crippen LogP contribution in [0.5, 0.6) is 0 Å². The summed E-state index contributed by atoms with van der Waals surface area (Å²) in [5.41, 5.74) is 8.18. The van der Waals surface area contributed by atoms with Crippen LogP contribution >= 0.6 is 0 Å². The van der Waals surface area contributed by atoms with Crippen molar-refractivity contribution in [1.29, 1.82) is 0 Å². The molecule has 0 heterocycles. The van der Waals surface area contributed by atoms with Gasteiger partial charge in [0.05, 0.1) is 6.10 Å². The molecule has 116 valence electrons. The number of benzene rings is 1. The van der Waals surface area contributed by atoms with Crippen LogP contribution in [0.2, 0.25) is 0 Å². The lowest BCUT2D eigenvalue weighted by atomic mass is 9.85. The maximum Gasteiger partial charge on any atom is 0.250 e. The third-order valence-corrected chi connectivity index (χ3v) is 4.32. The van der Waals surface area contributed by atoms with Gasteiger partial charge in [0.15, 0.2) is 0 Å². The first-order valence-electron chi connectivity index (χ1n) is 7.87. The SMILES string of the molecule is CCC1CCCCC1OCC(=O)Nc1ccc(N)cc1C. The van der Waals surface area contributed by atoms with Crippen molar-refractivity contribution in [3.63, 3.8) is 0 Å². The predicted molar refractivity (Wildman–Crippen MR) is 86.2 cm³/mol. The van der Waals surface area contributed by atoms with E-state index in [1.165, 1.54) is 19.3 Å². The van der Waals surface area contributed by atoms with E-state index in [1.54, 1.807) is 6.07 Å². The maximum atomic E-state index is 12.0. The molecule has 1 aromatic rings. The molecule has 1 amide bonds. The normalized spacial score (nSPS) is 22.0. The number of carbonyl (C=O) groups excluding carboxylic acids is 1. The smallest absolute Gasteiger partial charge is 0.250 e. The van der Waals surface area contributed by atoms with Gasteiger partial charge in [-0.2, -0.15) is 0 Å². The first kappa shape index (κ1) is 15.8. The van der Waals surface area contributed by atoms with Gasteiger partial charge in [0, 0.05) is 11.4 Å². The molecule has 1 aromatic carbocycles. The van der Waals surface area contributed by atoms with E-state index in [2.05, 4.69) is 12.2 Å². The van der Waals surface area contributed by atoms with Crippen LogP contribution in [-0.4, -0.2) is 18.6 Å². The molecule has 1 aliphatic carbocycles. The fourth-order valence-electron chi connectivity index (χ4n) is 3.06. The van der Waals surface area contributed by atoms with E-state index >= 15 is 0 Å². The molecular weight excluding hydrogens is 264 g/mol. The zero-order valence-corrected chi connectivity index (χ0v) is 13.0. The van der Waals surface area contributed by atoms with Crippen LogP contribution in [-0.2, 0) is 9.53 Å². The van der Waals surface area contributed by atoms with E-state index in [4.69, 9.17) is 10.5 Å². The Labute approximate surface area is 127 Å². The first-order chi connectivity index (χ1) is 10.1. The summed E-state index contributed by atoms with van der Waals surface area (Å²) in [6.07, 6.45) is 6.16. The number of hydrogen-bond donors (Lipinski definition) is 2. The lowest BCUT2D eigenvalue weighted by Crippen LogP contribution is -2.31. The van der Waals surface area contributed by atoms with Crippen molar-refractivity contribution in [2.24, 2.45) is 5.92 Å². The third-order valence-electron chi connectivity index (χ3n) is 4.32. The van der Waals surface area contributed by atoms with Crippen LogP contribution in [0.1, 0.15) is 44.6 Å². The standard InChI is InChI=1S/C17H26N2O2/c1-3-13-6-4-5-7-16(13)21-11-17(20)19-15-9-8-14(18)10-12(15)2/h8-10,13,16H,3-7,11,18H2,1-2H3,(H,19,20). The number of amides is 1. The molecule has 0 bridgehead atoms. The molecule has 3 N–H and O–H groups in total. The van der Waals surface area contributed by atoms with Gasteiger partial charge in [-0.3, -0.25) is 4.79 Å². The highest BCUT2D eigenvalue weighted by Gasteiger charge is 2.24. The van der Waals surface area contributed by atoms with E-state index in [-0.39, 0.29) is 18.6 Å². The second-order valence-corrected chi connectivity index (χ2v) is 5.92. The number of rotatable bonds is 5. The van der Waals surface area contributed by atoms with Crippen molar-refractivity contribution < 1.29 is 9.53 Å². The Morgan fingerprint density at radius 1 is 1.38 bits per heavy atom. The molecule has 1 saturated carbocycles. The van der Waals surface area contributed by atoms with Gasteiger partial charge in [-0.15, -0.1) is 0 Å². The summed E-state index contributed by atoms with van der Waals surface area (Å²) in [4.78, 5) is 12.0. The second-order valence-electron chi connectivity index (χ2n) is 5.92. The van der Waals surface area contributed by atoms with Gasteiger partial charge in [0.2, 0.25) is 5.91 Å². The Morgan fingerprint density at radius 3 is 2.86 bits per heavy atom. The van der Waals surface area contributed by atoms with Crippen molar-refractivity contribution in [1.82, 2.24) is 0 Å². The summed E-state index contributed by atoms with van der Waals surface area (Å²) >= 11 is 0. The molecule has 2 rings (SSSR count). The van der Waals surface area contributed by atoms with E-state index in [0.29, 0.717) is 11.6 Å². The van der Waals surface area contributed by atoms with Crippen molar-refractivity contribution in [3.8, 4) is 0 Å². The number of nitrogens with one attached hydrogen (secondary N) is 1. The minimum Gasteiger partial charge on any atom is -0.399 e. The topological polar surface area (TPSA) is 64.3 Å². The minimum absolute atomic E-state index is 0.0942. The van der Waals surface area contributed by atoms with Crippen LogP contribution in [0.3, 0.4) is 0 Å². The quantitative estimate of drug-likeness (QED) is 0.816. The Bertz CT molecular complexity index is 488. The van der Waals surface area contributed by atoms with Gasteiger partial charge in [-0.1, -0.05) is 26.2 Å². The number of aryl methyl sites for hydroxylation is 1. The molecule has 21 heavy (non-hydrogen) atoms. The maximum absolute atomic E-state index is 12.0. The lowest BCUT2D eigenvalue weighted by molar-refractivity contribution is -0.124. The molecule has 4 nitrogen and oxygen atoms in total. The van der Waals surface area contributed by atoms with Gasteiger partial charge in [-0.25, -0.2) is 0 Å². The molecule has 2 atom stereocenters. The van der Waals surface area contributed by atoms with Crippen LogP contribution in [0.4, 0.5) is 11.4 Å². The molecule has 1 aliphatic rings. The fourth-order valence-corrected chi connectivity index (χ4v) is 3.06. The molecule has 2 unspecified atom stereocenters. The summed E-state index contributed by atoms with van der Waals surface area (Å²) < 4.78 is 5.85. The highest BCUT2D eigenvalue weighted by Crippen LogP contribution is 2.29. The average Bonchev–Trinajstić information content (AvgIpc) is 2.48. The number of carbonyl (C=O) groups is 1. The average molecular weight is 290 g/mol. The molecule has 0 radical (unpaired) electrons. The zero-order valence-electron chi connectivity index (χ0n) is 13.0. The number of hydrogen-bond acceptors (Lipinski definition) is 3. The summed E-state index contributed by atoms with van der Waals surface area (Å²) in [5.74, 6) is 0.508. The van der Waals surface area contributed by atoms with Gasteiger partial charge < -0.3 is 15.8 Å². The summed E-state index contributed by atoms with van der Waals surface area (Å²) in [6.45, 7) is 4.26. The van der Waals surface area contributed by atoms with Crippen LogP contribution < -0.4 is 11.1 Å². The lowest BCUT2D eigenvalue weighted by Gasteiger charge is -2.30. The Kier molecular flexibility index (Phi) is 5.62. The summed E-state index contributed by atoms with van der Waals surface area (Å²) in [5, 5.41) is 2.89. The van der Waals surface area contributed by atoms with Crippen LogP contribution in [0.25, 0.3) is 0 Å². The highest BCUT2D eigenvalue weighted by molar-refractivity contribution is 5.92. The largest absolute Gasteiger partial charge is 0.399 e. The minimum atomic E-state index is -0.0942. The number of nitrogens with two attached hydrogens (primary N) is 1. The number of anilines is 2. The molecule has 0 aliphatic heterocycles. The van der Waals surface area contributed by atoms with Gasteiger partial charge in [0.1, 0.15) is 6.61 Å². The summed E-state index contributed by atoms with van der Waals surface area (Å²) in [6, 6.07) is 5.47. The van der Waals surface area contributed by atoms with E-state index in [9.17, 15) is 4.79 Å². The van der Waals surface area contributed by atoms with Gasteiger partial charge >= 0.3 is 0 Å². The van der Waals surface area contributed by atoms with E-state index < -0.39 is 0 Å². The van der Waals surface area contributed by atoms with Crippen molar-refractivity contribution in [2.45, 2.75) is 52.1 Å². The van der Waals surface area contributed by atoms with Crippen molar-refractivity contribution >= 4 is 17.3 Å². The molecule has 0 aromatic heterocycles. The van der Waals surface area contributed by atoms with Crippen LogP contribution in [0.15, 0.2) is 18.2 Å². The molecule has 0 saturated heterocycles. The third kappa shape index (κ3) is 4.46. The molecular formula is C17H26N2O2. The van der Waals surface area contributed by atoms with Gasteiger partial charge in [-0.05, 0) is 49.4 Å². The number of ether oxygens (including phenoxy) is 1. The molecule has 4 heteroatoms. The molecule has 0 spiro atoms. The Balaban J connectivity index is 1.84. The predicted octanol–water partition coefficient (Wildman–Crippen LogP) is 3.50.